The molecule has 1 fully saturated rings. The van der Waals surface area contributed by atoms with Crippen molar-refractivity contribution in [3.63, 3.8) is 0 Å². The van der Waals surface area contributed by atoms with Crippen molar-refractivity contribution in [2.45, 2.75) is 32.3 Å². The lowest BCUT2D eigenvalue weighted by Gasteiger charge is -2.22. The number of hydrogen-bond donors (Lipinski definition) is 0. The van der Waals surface area contributed by atoms with E-state index in [-0.39, 0.29) is 6.10 Å². The summed E-state index contributed by atoms with van der Waals surface area (Å²) in [7, 11) is 0. The van der Waals surface area contributed by atoms with E-state index >= 15 is 0 Å². The van der Waals surface area contributed by atoms with E-state index in [9.17, 15) is 0 Å². The molecular weight excluding hydrogens is 254 g/mol. The third-order valence-corrected chi connectivity index (χ3v) is 3.68. The van der Waals surface area contributed by atoms with Crippen LogP contribution in [0.15, 0.2) is 36.4 Å². The van der Waals surface area contributed by atoms with Crippen LogP contribution in [0.5, 0.6) is 0 Å². The molecule has 0 saturated carbocycles. The molecule has 0 spiro atoms. The Labute approximate surface area is 121 Å². The molecule has 0 aromatic heterocycles. The van der Waals surface area contributed by atoms with Crippen LogP contribution in [0.25, 0.3) is 6.08 Å². The van der Waals surface area contributed by atoms with Crippen molar-refractivity contribution in [3.05, 3.63) is 42.0 Å². The lowest BCUT2D eigenvalue weighted by atomic mass is 10.1. The highest BCUT2D eigenvalue weighted by atomic mass is 32.1. The van der Waals surface area contributed by atoms with E-state index in [2.05, 4.69) is 36.1 Å². The smallest absolute Gasteiger partial charge is 0.259 e. The normalized spacial score (nSPS) is 16.8. The van der Waals surface area contributed by atoms with Gasteiger partial charge in [-0.25, -0.2) is 0 Å². The van der Waals surface area contributed by atoms with Crippen molar-refractivity contribution in [1.82, 2.24) is 4.90 Å². The van der Waals surface area contributed by atoms with Crippen LogP contribution < -0.4 is 0 Å². The van der Waals surface area contributed by atoms with Gasteiger partial charge in [0.25, 0.3) is 5.17 Å². The van der Waals surface area contributed by atoms with E-state index in [1.165, 1.54) is 18.4 Å². The molecule has 1 aliphatic rings. The molecule has 0 unspecified atom stereocenters. The molecular formula is C16H21NOS. The first kappa shape index (κ1) is 14.1. The first-order valence-electron chi connectivity index (χ1n) is 6.98. The molecule has 3 heteroatoms. The molecule has 0 N–H and O–H groups in total. The molecule has 2 nitrogen and oxygen atoms in total. The molecule has 19 heavy (non-hydrogen) atoms. The highest BCUT2D eigenvalue weighted by Crippen LogP contribution is 2.13. The van der Waals surface area contributed by atoms with Crippen LogP contribution in [0, 0.1) is 0 Å². The van der Waals surface area contributed by atoms with E-state index in [1.54, 1.807) is 0 Å². The Kier molecular flexibility index (Phi) is 5.40. The summed E-state index contributed by atoms with van der Waals surface area (Å²) in [6.45, 7) is 4.20. The van der Waals surface area contributed by atoms with Crippen molar-refractivity contribution in [2.75, 3.05) is 13.1 Å². The van der Waals surface area contributed by atoms with Crippen molar-refractivity contribution < 1.29 is 4.74 Å². The highest BCUT2D eigenvalue weighted by Gasteiger charge is 2.17. The topological polar surface area (TPSA) is 12.5 Å². The largest absolute Gasteiger partial charge is 0.463 e. The van der Waals surface area contributed by atoms with Crippen LogP contribution in [-0.4, -0.2) is 29.3 Å². The Morgan fingerprint density at radius 3 is 2.63 bits per heavy atom. The lowest BCUT2D eigenvalue weighted by Crippen LogP contribution is -2.30. The van der Waals surface area contributed by atoms with E-state index < -0.39 is 0 Å². The summed E-state index contributed by atoms with van der Waals surface area (Å²) in [5.74, 6) is 0. The third-order valence-electron chi connectivity index (χ3n) is 3.32. The Bertz CT molecular complexity index is 424. The maximum atomic E-state index is 5.88. The highest BCUT2D eigenvalue weighted by molar-refractivity contribution is 7.80. The summed E-state index contributed by atoms with van der Waals surface area (Å²) in [6, 6.07) is 10.3. The lowest BCUT2D eigenvalue weighted by molar-refractivity contribution is 0.199. The first-order chi connectivity index (χ1) is 9.29. The predicted molar refractivity (Wildman–Crippen MR) is 84.0 cm³/mol. The second-order valence-electron chi connectivity index (χ2n) is 4.79. The molecule has 0 aliphatic carbocycles. The number of ether oxygens (including phenoxy) is 1. The fourth-order valence-corrected chi connectivity index (χ4v) is 2.45. The minimum atomic E-state index is 0.0632. The van der Waals surface area contributed by atoms with E-state index in [1.807, 2.05) is 18.2 Å². The minimum absolute atomic E-state index is 0.0632. The van der Waals surface area contributed by atoms with Gasteiger partial charge in [0.2, 0.25) is 0 Å². The maximum Gasteiger partial charge on any atom is 0.259 e. The third kappa shape index (κ3) is 4.35. The summed E-state index contributed by atoms with van der Waals surface area (Å²) in [5, 5.41) is 0.655. The molecule has 1 saturated heterocycles. The van der Waals surface area contributed by atoms with Crippen molar-refractivity contribution >= 4 is 23.5 Å². The second kappa shape index (κ2) is 7.29. The van der Waals surface area contributed by atoms with Crippen molar-refractivity contribution in [3.8, 4) is 0 Å². The van der Waals surface area contributed by atoms with Crippen LogP contribution in [0.4, 0.5) is 0 Å². The number of benzene rings is 1. The van der Waals surface area contributed by atoms with Crippen molar-refractivity contribution in [1.29, 1.82) is 0 Å². The zero-order valence-electron chi connectivity index (χ0n) is 11.4. The second-order valence-corrected chi connectivity index (χ2v) is 5.14. The van der Waals surface area contributed by atoms with Crippen molar-refractivity contribution in [2.24, 2.45) is 0 Å². The average Bonchev–Trinajstić information content (AvgIpc) is 2.98. The number of likely N-dealkylation sites (tertiary alicyclic amines) is 1. The summed E-state index contributed by atoms with van der Waals surface area (Å²) in [4.78, 5) is 2.16. The number of thiocarbonyl (C=S) groups is 1. The van der Waals surface area contributed by atoms with Gasteiger partial charge in [0, 0.05) is 13.1 Å². The summed E-state index contributed by atoms with van der Waals surface area (Å²) < 4.78 is 5.88. The zero-order valence-corrected chi connectivity index (χ0v) is 12.2. The maximum absolute atomic E-state index is 5.88. The van der Waals surface area contributed by atoms with Crippen LogP contribution in [0.3, 0.4) is 0 Å². The zero-order chi connectivity index (χ0) is 13.5. The monoisotopic (exact) mass is 275 g/mol. The Morgan fingerprint density at radius 2 is 2.00 bits per heavy atom. The van der Waals surface area contributed by atoms with Crippen LogP contribution in [0.2, 0.25) is 0 Å². The van der Waals surface area contributed by atoms with Gasteiger partial charge in [-0.05, 0) is 43.1 Å². The van der Waals surface area contributed by atoms with E-state index in [0.29, 0.717) is 5.17 Å². The standard InChI is InChI=1S/C16H21NOS/c1-2-15(11-10-14-8-4-3-5-9-14)18-16(19)17-12-6-7-13-17/h3-5,8-11,15H,2,6-7,12-13H2,1H3/b11-10+/t15-/m1/s1. The van der Waals surface area contributed by atoms with Crippen LogP contribution in [-0.2, 0) is 4.74 Å². The minimum Gasteiger partial charge on any atom is -0.463 e. The van der Waals surface area contributed by atoms with Gasteiger partial charge in [0.05, 0.1) is 0 Å². The van der Waals surface area contributed by atoms with E-state index in [4.69, 9.17) is 17.0 Å². The van der Waals surface area contributed by atoms with Gasteiger partial charge in [-0.3, -0.25) is 0 Å². The van der Waals surface area contributed by atoms with Gasteiger partial charge in [-0.1, -0.05) is 43.3 Å². The number of rotatable bonds is 4. The van der Waals surface area contributed by atoms with Gasteiger partial charge in [-0.15, -0.1) is 0 Å². The Morgan fingerprint density at radius 1 is 1.32 bits per heavy atom. The molecule has 2 rings (SSSR count). The SMILES string of the molecule is CC[C@H](/C=C/c1ccccc1)OC(=S)N1CCCC1. The fraction of sp³-hybridized carbons (Fsp3) is 0.438. The molecule has 1 heterocycles. The Hall–Kier alpha value is -1.35. The average molecular weight is 275 g/mol. The molecule has 0 amide bonds. The first-order valence-corrected chi connectivity index (χ1v) is 7.39. The molecule has 1 aliphatic heterocycles. The summed E-state index contributed by atoms with van der Waals surface area (Å²) >= 11 is 5.36. The Balaban J connectivity index is 1.89. The van der Waals surface area contributed by atoms with Gasteiger partial charge < -0.3 is 9.64 Å². The molecule has 1 aromatic rings. The van der Waals surface area contributed by atoms with E-state index in [0.717, 1.165) is 19.5 Å². The van der Waals surface area contributed by atoms with Crippen LogP contribution >= 0.6 is 12.2 Å². The predicted octanol–water partition coefficient (Wildman–Crippen LogP) is 3.88. The molecule has 1 atom stereocenters. The fourth-order valence-electron chi connectivity index (χ4n) is 2.15. The van der Waals surface area contributed by atoms with Gasteiger partial charge in [0.1, 0.15) is 6.10 Å². The van der Waals surface area contributed by atoms with Crippen LogP contribution in [0.1, 0.15) is 31.7 Å². The number of hydrogen-bond acceptors (Lipinski definition) is 2. The molecule has 102 valence electrons. The molecule has 1 aromatic carbocycles. The molecule has 0 radical (unpaired) electrons. The van der Waals surface area contributed by atoms with Gasteiger partial charge >= 0.3 is 0 Å². The quantitative estimate of drug-likeness (QED) is 0.774. The van der Waals surface area contributed by atoms with Gasteiger partial charge in [0.15, 0.2) is 0 Å². The van der Waals surface area contributed by atoms with Gasteiger partial charge in [-0.2, -0.15) is 0 Å². The summed E-state index contributed by atoms with van der Waals surface area (Å²) in [5.41, 5.74) is 1.19. The number of nitrogens with zero attached hydrogens (tertiary/aromatic N) is 1. The summed E-state index contributed by atoms with van der Waals surface area (Å²) in [6.07, 6.45) is 7.63. The molecule has 0 bridgehead atoms.